The number of hydrogen-bond donors (Lipinski definition) is 3. The van der Waals surface area contributed by atoms with Crippen molar-refractivity contribution in [1.82, 2.24) is 16.0 Å². The molecule has 0 aliphatic heterocycles. The van der Waals surface area contributed by atoms with Gasteiger partial charge in [0.2, 0.25) is 11.8 Å². The van der Waals surface area contributed by atoms with E-state index in [2.05, 4.69) is 16.0 Å². The molecule has 18 heavy (non-hydrogen) atoms. The lowest BCUT2D eigenvalue weighted by Gasteiger charge is -2.15. The van der Waals surface area contributed by atoms with Crippen molar-refractivity contribution in [3.05, 3.63) is 0 Å². The van der Waals surface area contributed by atoms with E-state index in [9.17, 15) is 9.59 Å². The van der Waals surface area contributed by atoms with Gasteiger partial charge in [0.25, 0.3) is 0 Å². The summed E-state index contributed by atoms with van der Waals surface area (Å²) in [6.07, 6.45) is 0.389. The van der Waals surface area contributed by atoms with Gasteiger partial charge in [0.15, 0.2) is 0 Å². The molecule has 2 amide bonds. The Hall–Kier alpha value is -1.10. The molecule has 0 spiro atoms. The number of nitrogens with one attached hydrogen (secondary N) is 3. The van der Waals surface area contributed by atoms with Gasteiger partial charge in [-0.3, -0.25) is 9.59 Å². The van der Waals surface area contributed by atoms with Crippen molar-refractivity contribution in [2.45, 2.75) is 53.1 Å². The lowest BCUT2D eigenvalue weighted by molar-refractivity contribution is -0.128. The lowest BCUT2D eigenvalue weighted by Crippen LogP contribution is -2.46. The molecule has 106 valence electrons. The average Bonchev–Trinajstić information content (AvgIpc) is 2.24. The summed E-state index contributed by atoms with van der Waals surface area (Å²) >= 11 is 0. The third-order valence-corrected chi connectivity index (χ3v) is 2.36. The molecule has 0 aliphatic carbocycles. The maximum Gasteiger partial charge on any atom is 0.242 e. The highest BCUT2D eigenvalue weighted by Crippen LogP contribution is 1.90. The normalized spacial score (nSPS) is 12.6. The third kappa shape index (κ3) is 8.98. The van der Waals surface area contributed by atoms with Crippen molar-refractivity contribution in [3.8, 4) is 0 Å². The minimum atomic E-state index is -0.477. The molecule has 0 fully saturated rings. The van der Waals surface area contributed by atoms with Crippen LogP contribution in [0.5, 0.6) is 0 Å². The van der Waals surface area contributed by atoms with Crippen molar-refractivity contribution in [2.24, 2.45) is 5.92 Å². The highest BCUT2D eigenvalue weighted by atomic mass is 16.2. The Morgan fingerprint density at radius 3 is 2.17 bits per heavy atom. The zero-order valence-corrected chi connectivity index (χ0v) is 12.2. The molecule has 0 aromatic heterocycles. The quantitative estimate of drug-likeness (QED) is 0.598. The zero-order valence-electron chi connectivity index (χ0n) is 12.2. The van der Waals surface area contributed by atoms with Gasteiger partial charge in [0.05, 0.1) is 0 Å². The predicted molar refractivity (Wildman–Crippen MR) is 73.2 cm³/mol. The largest absolute Gasteiger partial charge is 0.354 e. The van der Waals surface area contributed by atoms with E-state index in [0.29, 0.717) is 31.5 Å². The molecular formula is C13H27N3O2. The molecule has 0 heterocycles. The van der Waals surface area contributed by atoms with Gasteiger partial charge in [-0.25, -0.2) is 0 Å². The Balaban J connectivity index is 3.81. The van der Waals surface area contributed by atoms with Gasteiger partial charge in [-0.1, -0.05) is 27.7 Å². The first-order chi connectivity index (χ1) is 8.32. The summed E-state index contributed by atoms with van der Waals surface area (Å²) in [6, 6.07) is -0.111. The van der Waals surface area contributed by atoms with Gasteiger partial charge < -0.3 is 16.0 Å². The van der Waals surface area contributed by atoms with E-state index in [-0.39, 0.29) is 11.8 Å². The van der Waals surface area contributed by atoms with Crippen LogP contribution in [0.1, 0.15) is 41.0 Å². The molecule has 3 N–H and O–H groups in total. The summed E-state index contributed by atoms with van der Waals surface area (Å²) in [6.45, 7) is 11.1. The van der Waals surface area contributed by atoms with Crippen LogP contribution in [0.15, 0.2) is 0 Å². The van der Waals surface area contributed by atoms with Crippen molar-refractivity contribution < 1.29 is 9.59 Å². The van der Waals surface area contributed by atoms with Gasteiger partial charge in [0.1, 0.15) is 6.04 Å². The number of carbonyl (C=O) groups excluding carboxylic acids is 2. The first-order valence-corrected chi connectivity index (χ1v) is 6.63. The molecule has 0 aliphatic rings. The molecule has 0 aromatic carbocycles. The molecule has 0 saturated heterocycles. The van der Waals surface area contributed by atoms with Crippen LogP contribution < -0.4 is 16.0 Å². The molecule has 0 radical (unpaired) electrons. The van der Waals surface area contributed by atoms with Crippen LogP contribution in [-0.4, -0.2) is 37.0 Å². The Morgan fingerprint density at radius 2 is 1.67 bits per heavy atom. The Labute approximate surface area is 110 Å². The predicted octanol–water partition coefficient (Wildman–Crippen LogP) is 0.651. The smallest absolute Gasteiger partial charge is 0.242 e. The first-order valence-electron chi connectivity index (χ1n) is 6.63. The minimum Gasteiger partial charge on any atom is -0.354 e. The van der Waals surface area contributed by atoms with E-state index in [1.165, 1.54) is 0 Å². The van der Waals surface area contributed by atoms with E-state index in [1.54, 1.807) is 6.92 Å². The maximum atomic E-state index is 11.6. The van der Waals surface area contributed by atoms with E-state index in [4.69, 9.17) is 0 Å². The summed E-state index contributed by atoms with van der Waals surface area (Å²) < 4.78 is 0. The van der Waals surface area contributed by atoms with E-state index in [1.807, 2.05) is 27.7 Å². The van der Waals surface area contributed by atoms with Crippen molar-refractivity contribution in [3.63, 3.8) is 0 Å². The highest BCUT2D eigenvalue weighted by Gasteiger charge is 2.15. The fourth-order valence-corrected chi connectivity index (χ4v) is 1.31. The number of carbonyl (C=O) groups is 2. The second-order valence-electron chi connectivity index (χ2n) is 5.29. The maximum absolute atomic E-state index is 11.6. The molecular weight excluding hydrogens is 230 g/mol. The topological polar surface area (TPSA) is 70.2 Å². The number of hydrogen-bond acceptors (Lipinski definition) is 3. The fourth-order valence-electron chi connectivity index (χ4n) is 1.31. The van der Waals surface area contributed by atoms with Crippen LogP contribution in [0.25, 0.3) is 0 Å². The first kappa shape index (κ1) is 16.9. The van der Waals surface area contributed by atoms with Gasteiger partial charge in [-0.2, -0.15) is 0 Å². The summed E-state index contributed by atoms with van der Waals surface area (Å²) in [4.78, 5) is 23.2. The van der Waals surface area contributed by atoms with Gasteiger partial charge >= 0.3 is 0 Å². The summed E-state index contributed by atoms with van der Waals surface area (Å²) in [5.41, 5.74) is 0. The van der Waals surface area contributed by atoms with Crippen LogP contribution in [0.2, 0.25) is 0 Å². The summed E-state index contributed by atoms with van der Waals surface area (Å²) in [7, 11) is 0. The third-order valence-electron chi connectivity index (χ3n) is 2.36. The molecule has 0 bridgehead atoms. The monoisotopic (exact) mass is 257 g/mol. The van der Waals surface area contributed by atoms with Crippen LogP contribution in [-0.2, 0) is 9.59 Å². The average molecular weight is 257 g/mol. The second-order valence-corrected chi connectivity index (χ2v) is 5.29. The zero-order chi connectivity index (χ0) is 14.1. The van der Waals surface area contributed by atoms with Gasteiger partial charge in [-0.05, 0) is 12.8 Å². The van der Waals surface area contributed by atoms with E-state index >= 15 is 0 Å². The van der Waals surface area contributed by atoms with Crippen molar-refractivity contribution in [1.29, 1.82) is 0 Å². The molecule has 1 unspecified atom stereocenters. The minimum absolute atomic E-state index is 0.102. The molecule has 5 nitrogen and oxygen atoms in total. The van der Waals surface area contributed by atoms with E-state index < -0.39 is 6.04 Å². The fraction of sp³-hybridized carbons (Fsp3) is 0.846. The highest BCUT2D eigenvalue weighted by molar-refractivity contribution is 5.87. The molecule has 1 atom stereocenters. The number of rotatable bonds is 8. The standard InChI is InChI=1S/C13H27N3O2/c1-9(2)8-15-13(18)11(5)16-12(17)6-7-14-10(3)4/h9-11,14H,6-8H2,1-5H3,(H,15,18)(H,16,17). The molecule has 0 rings (SSSR count). The summed E-state index contributed by atoms with van der Waals surface area (Å²) in [5, 5.41) is 8.64. The van der Waals surface area contributed by atoms with Gasteiger partial charge in [0, 0.05) is 25.6 Å². The number of amides is 2. The van der Waals surface area contributed by atoms with Gasteiger partial charge in [-0.15, -0.1) is 0 Å². The SMILES string of the molecule is CC(C)CNC(=O)C(C)NC(=O)CCNC(C)C. The van der Waals surface area contributed by atoms with Crippen LogP contribution in [0.4, 0.5) is 0 Å². The Kier molecular flexibility index (Phi) is 8.37. The Bertz CT molecular complexity index is 265. The van der Waals surface area contributed by atoms with Crippen molar-refractivity contribution in [2.75, 3.05) is 13.1 Å². The van der Waals surface area contributed by atoms with Crippen LogP contribution in [0, 0.1) is 5.92 Å². The molecule has 0 saturated carbocycles. The van der Waals surface area contributed by atoms with E-state index in [0.717, 1.165) is 0 Å². The summed E-state index contributed by atoms with van der Waals surface area (Å²) in [5.74, 6) is 0.177. The van der Waals surface area contributed by atoms with Crippen LogP contribution in [0.3, 0.4) is 0 Å². The second kappa shape index (κ2) is 8.91. The van der Waals surface area contributed by atoms with Crippen LogP contribution >= 0.6 is 0 Å². The molecule has 5 heteroatoms. The lowest BCUT2D eigenvalue weighted by atomic mass is 10.2. The Morgan fingerprint density at radius 1 is 1.06 bits per heavy atom. The molecule has 0 aromatic rings. The van der Waals surface area contributed by atoms with Crippen molar-refractivity contribution >= 4 is 11.8 Å².